The van der Waals surface area contributed by atoms with Gasteiger partial charge >= 0.3 is 12.0 Å². The Hall–Kier alpha value is -3.60. The molecule has 0 radical (unpaired) electrons. The van der Waals surface area contributed by atoms with Gasteiger partial charge in [0.15, 0.2) is 5.96 Å². The van der Waals surface area contributed by atoms with Gasteiger partial charge in [0, 0.05) is 38.2 Å². The Morgan fingerprint density at radius 2 is 1.85 bits per heavy atom. The smallest absolute Gasteiger partial charge is 0.328 e. The number of hydrogen-bond donors (Lipinski definition) is 5. The lowest BCUT2D eigenvalue weighted by Crippen LogP contribution is -2.55. The summed E-state index contributed by atoms with van der Waals surface area (Å²) >= 11 is 0. The molecule has 1 aliphatic heterocycles. The number of nitrogens with two attached hydrogens (primary N) is 2. The molecule has 3 amide bonds. The molecule has 0 aromatic heterocycles. The Balaban J connectivity index is 2.10. The van der Waals surface area contributed by atoms with Crippen molar-refractivity contribution in [3.8, 4) is 0 Å². The monoisotopic (exact) mass is 460 g/mol. The highest BCUT2D eigenvalue weighted by Crippen LogP contribution is 2.07. The number of benzene rings is 1. The maximum atomic E-state index is 13.1. The summed E-state index contributed by atoms with van der Waals surface area (Å²) in [5.41, 5.74) is 11.5. The summed E-state index contributed by atoms with van der Waals surface area (Å²) in [5, 5.41) is 14.6. The van der Waals surface area contributed by atoms with Crippen LogP contribution in [0.3, 0.4) is 0 Å². The molecular formula is C22H32N6O5. The fraction of sp³-hybridized carbons (Fsp3) is 0.455. The molecule has 1 saturated heterocycles. The second-order valence-corrected chi connectivity index (χ2v) is 7.55. The Morgan fingerprint density at radius 1 is 1.15 bits per heavy atom. The van der Waals surface area contributed by atoms with Gasteiger partial charge in [-0.1, -0.05) is 36.4 Å². The number of carbonyl (C=O) groups is 3. The van der Waals surface area contributed by atoms with E-state index in [1.54, 1.807) is 4.90 Å². The Labute approximate surface area is 192 Å². The molecule has 0 spiro atoms. The van der Waals surface area contributed by atoms with E-state index in [2.05, 4.69) is 15.6 Å². The molecule has 1 aromatic carbocycles. The van der Waals surface area contributed by atoms with E-state index >= 15 is 0 Å². The highest BCUT2D eigenvalue weighted by atomic mass is 16.5. The third kappa shape index (κ3) is 10.0. The molecule has 1 aromatic rings. The summed E-state index contributed by atoms with van der Waals surface area (Å²) in [5.74, 6) is -1.58. The van der Waals surface area contributed by atoms with Crippen LogP contribution in [0.5, 0.6) is 0 Å². The third-order valence-corrected chi connectivity index (χ3v) is 4.96. The highest BCUT2D eigenvalue weighted by molar-refractivity contribution is 5.88. The first-order valence-electron chi connectivity index (χ1n) is 10.8. The van der Waals surface area contributed by atoms with Gasteiger partial charge in [-0.15, -0.1) is 0 Å². The van der Waals surface area contributed by atoms with Crippen molar-refractivity contribution in [2.45, 2.75) is 31.3 Å². The number of nitrogens with zero attached hydrogens (tertiary/aromatic N) is 2. The van der Waals surface area contributed by atoms with Gasteiger partial charge in [-0.05, 0) is 18.4 Å². The predicted octanol–water partition coefficient (Wildman–Crippen LogP) is -0.181. The summed E-state index contributed by atoms with van der Waals surface area (Å²) < 4.78 is 5.28. The zero-order valence-corrected chi connectivity index (χ0v) is 18.5. The molecule has 1 heterocycles. The molecule has 33 heavy (non-hydrogen) atoms. The number of rotatable bonds is 11. The van der Waals surface area contributed by atoms with Crippen LogP contribution in [0.2, 0.25) is 0 Å². The molecule has 11 heteroatoms. The number of aliphatic carboxylic acids is 1. The summed E-state index contributed by atoms with van der Waals surface area (Å²) in [6.45, 7) is 2.12. The van der Waals surface area contributed by atoms with Crippen LogP contribution in [0.25, 0.3) is 0 Å². The minimum Gasteiger partial charge on any atom is -0.478 e. The molecule has 2 rings (SSSR count). The fourth-order valence-electron chi connectivity index (χ4n) is 3.28. The van der Waals surface area contributed by atoms with Crippen LogP contribution in [0.1, 0.15) is 18.4 Å². The van der Waals surface area contributed by atoms with Crippen molar-refractivity contribution in [3.63, 3.8) is 0 Å². The molecule has 1 fully saturated rings. The fourth-order valence-corrected chi connectivity index (χ4v) is 3.28. The number of guanidine groups is 1. The van der Waals surface area contributed by atoms with E-state index in [-0.39, 0.29) is 18.4 Å². The summed E-state index contributed by atoms with van der Waals surface area (Å²) in [4.78, 5) is 42.4. The van der Waals surface area contributed by atoms with E-state index in [0.29, 0.717) is 45.7 Å². The van der Waals surface area contributed by atoms with Gasteiger partial charge < -0.3 is 36.8 Å². The molecule has 0 aliphatic carbocycles. The number of amides is 3. The van der Waals surface area contributed by atoms with Crippen LogP contribution in [0.15, 0.2) is 47.5 Å². The Morgan fingerprint density at radius 3 is 2.48 bits per heavy atom. The van der Waals surface area contributed by atoms with Crippen molar-refractivity contribution < 1.29 is 24.2 Å². The number of carbonyl (C=O) groups excluding carboxylic acids is 2. The van der Waals surface area contributed by atoms with Crippen LogP contribution in [-0.2, 0) is 20.7 Å². The summed E-state index contributed by atoms with van der Waals surface area (Å²) in [6, 6.07) is 7.57. The number of aliphatic imine (C=N–C) groups is 1. The average molecular weight is 461 g/mol. The Bertz CT molecular complexity index is 835. The van der Waals surface area contributed by atoms with E-state index in [1.165, 1.54) is 6.08 Å². The van der Waals surface area contributed by atoms with Crippen LogP contribution in [-0.4, -0.2) is 78.8 Å². The van der Waals surface area contributed by atoms with E-state index in [4.69, 9.17) is 21.3 Å². The van der Waals surface area contributed by atoms with Crippen molar-refractivity contribution in [1.29, 1.82) is 0 Å². The largest absolute Gasteiger partial charge is 0.478 e. The molecule has 180 valence electrons. The van der Waals surface area contributed by atoms with Gasteiger partial charge in [0.05, 0.1) is 13.2 Å². The number of urea groups is 1. The molecule has 0 saturated carbocycles. The van der Waals surface area contributed by atoms with Gasteiger partial charge in [0.25, 0.3) is 0 Å². The molecule has 7 N–H and O–H groups in total. The minimum atomic E-state index is -1.13. The lowest BCUT2D eigenvalue weighted by atomic mass is 10.0. The third-order valence-electron chi connectivity index (χ3n) is 4.96. The predicted molar refractivity (Wildman–Crippen MR) is 123 cm³/mol. The van der Waals surface area contributed by atoms with Crippen molar-refractivity contribution in [1.82, 2.24) is 15.5 Å². The van der Waals surface area contributed by atoms with Gasteiger partial charge in [-0.3, -0.25) is 9.79 Å². The Kier molecular flexibility index (Phi) is 10.7. The number of carboxylic acids is 1. The molecule has 0 bridgehead atoms. The van der Waals surface area contributed by atoms with E-state index in [1.807, 2.05) is 30.3 Å². The van der Waals surface area contributed by atoms with Gasteiger partial charge in [-0.25, -0.2) is 9.59 Å². The zero-order valence-electron chi connectivity index (χ0n) is 18.5. The van der Waals surface area contributed by atoms with Gasteiger partial charge in [0.1, 0.15) is 6.04 Å². The van der Waals surface area contributed by atoms with Crippen molar-refractivity contribution in [3.05, 3.63) is 48.0 Å². The summed E-state index contributed by atoms with van der Waals surface area (Å²) in [6.07, 6.45) is 3.60. The maximum Gasteiger partial charge on any atom is 0.328 e. The number of nitrogens with one attached hydrogen (secondary N) is 2. The van der Waals surface area contributed by atoms with E-state index in [9.17, 15) is 14.4 Å². The van der Waals surface area contributed by atoms with Crippen molar-refractivity contribution >= 4 is 23.9 Å². The molecular weight excluding hydrogens is 428 g/mol. The normalized spacial score (nSPS) is 15.5. The van der Waals surface area contributed by atoms with Crippen LogP contribution < -0.4 is 22.1 Å². The number of hydrogen-bond acceptors (Lipinski definition) is 5. The van der Waals surface area contributed by atoms with Crippen LogP contribution in [0.4, 0.5) is 4.79 Å². The van der Waals surface area contributed by atoms with E-state index in [0.717, 1.165) is 11.6 Å². The first-order chi connectivity index (χ1) is 15.8. The lowest BCUT2D eigenvalue weighted by Gasteiger charge is -2.29. The average Bonchev–Trinajstić information content (AvgIpc) is 2.80. The molecule has 11 nitrogen and oxygen atoms in total. The van der Waals surface area contributed by atoms with Crippen molar-refractivity contribution in [2.75, 3.05) is 32.8 Å². The summed E-state index contributed by atoms with van der Waals surface area (Å²) in [7, 11) is 0. The zero-order chi connectivity index (χ0) is 24.1. The number of ether oxygens (including phenoxy) is 1. The minimum absolute atomic E-state index is 0.0367. The standard InChI is InChI=1S/C22H32N6O5/c23-21(24)25-10-4-7-17(8-9-19(29)30)26-20(31)18(15-16-5-2-1-3-6-16)27-22(32)28-11-13-33-14-12-28/h1-3,5-6,8-9,17-18H,4,7,10-15H2,(H,26,31)(H,27,32)(H,29,30)(H4,23,24,25)/t17?,18-/m0/s1. The van der Waals surface area contributed by atoms with Gasteiger partial charge in [-0.2, -0.15) is 0 Å². The maximum absolute atomic E-state index is 13.1. The first kappa shape index (κ1) is 25.7. The molecule has 1 aliphatic rings. The van der Waals surface area contributed by atoms with Crippen LogP contribution >= 0.6 is 0 Å². The molecule has 1 unspecified atom stereocenters. The topological polar surface area (TPSA) is 172 Å². The van der Waals surface area contributed by atoms with Gasteiger partial charge in [0.2, 0.25) is 5.91 Å². The quantitative estimate of drug-likeness (QED) is 0.132. The second kappa shape index (κ2) is 13.7. The number of carboxylic acid groups (broad SMARTS) is 1. The number of morpholine rings is 1. The van der Waals surface area contributed by atoms with Crippen molar-refractivity contribution in [2.24, 2.45) is 16.5 Å². The first-order valence-corrected chi connectivity index (χ1v) is 10.8. The van der Waals surface area contributed by atoms with E-state index < -0.39 is 24.0 Å². The molecule has 2 atom stereocenters. The highest BCUT2D eigenvalue weighted by Gasteiger charge is 2.26. The lowest BCUT2D eigenvalue weighted by molar-refractivity contribution is -0.131. The SMILES string of the molecule is NC(N)=NCCCC(C=CC(=O)O)NC(=O)[C@H](Cc1ccccc1)NC(=O)N1CCOCC1. The van der Waals surface area contributed by atoms with Crippen LogP contribution in [0, 0.1) is 0 Å². The second-order valence-electron chi connectivity index (χ2n) is 7.55.